The molecule has 1 heteroatoms. The first-order valence-corrected chi connectivity index (χ1v) is 6.51. The van der Waals surface area contributed by atoms with E-state index in [1.54, 1.807) is 0 Å². The number of hydrogen-bond acceptors (Lipinski definition) is 1. The van der Waals surface area contributed by atoms with Crippen LogP contribution < -0.4 is 5.32 Å². The summed E-state index contributed by atoms with van der Waals surface area (Å²) in [6.07, 6.45) is 2.52. The number of rotatable bonds is 6. The van der Waals surface area contributed by atoms with E-state index in [1.165, 1.54) is 24.1 Å². The second kappa shape index (κ2) is 6.57. The molecule has 1 N–H and O–H groups in total. The Morgan fingerprint density at radius 2 is 1.56 bits per heavy atom. The maximum atomic E-state index is 3.51. The number of nitrogens with one attached hydrogen (secondary N) is 1. The van der Waals surface area contributed by atoms with Crippen molar-refractivity contribution >= 4 is 5.69 Å². The first-order valence-electron chi connectivity index (χ1n) is 6.51. The number of anilines is 1. The summed E-state index contributed by atoms with van der Waals surface area (Å²) in [5.74, 6) is 1.41. The Bertz CT molecular complexity index is 283. The molecule has 0 aliphatic heterocycles. The highest BCUT2D eigenvalue weighted by Crippen LogP contribution is 2.18. The van der Waals surface area contributed by atoms with Crippen molar-refractivity contribution in [2.24, 2.45) is 5.92 Å². The van der Waals surface area contributed by atoms with E-state index in [2.05, 4.69) is 57.3 Å². The van der Waals surface area contributed by atoms with Crippen molar-refractivity contribution in [3.63, 3.8) is 0 Å². The van der Waals surface area contributed by atoms with E-state index in [0.29, 0.717) is 5.92 Å². The third-order valence-electron chi connectivity index (χ3n) is 3.33. The molecule has 0 bridgehead atoms. The van der Waals surface area contributed by atoms with Gasteiger partial charge < -0.3 is 5.32 Å². The SMILES string of the molecule is CCC(CC)CNc1ccc(C(C)C)cc1. The topological polar surface area (TPSA) is 12.0 Å². The minimum absolute atomic E-state index is 0.619. The highest BCUT2D eigenvalue weighted by molar-refractivity contribution is 5.45. The smallest absolute Gasteiger partial charge is 0.0340 e. The summed E-state index contributed by atoms with van der Waals surface area (Å²) in [5, 5.41) is 3.51. The second-order valence-corrected chi connectivity index (χ2v) is 4.84. The Morgan fingerprint density at radius 1 is 1.00 bits per heavy atom. The normalized spacial score (nSPS) is 11.1. The van der Waals surface area contributed by atoms with E-state index in [-0.39, 0.29) is 0 Å². The van der Waals surface area contributed by atoms with E-state index in [0.717, 1.165) is 12.5 Å². The van der Waals surface area contributed by atoms with Crippen LogP contribution in [0.3, 0.4) is 0 Å². The predicted molar refractivity (Wildman–Crippen MR) is 73.1 cm³/mol. The van der Waals surface area contributed by atoms with E-state index in [1.807, 2.05) is 0 Å². The van der Waals surface area contributed by atoms with Gasteiger partial charge in [-0.25, -0.2) is 0 Å². The fourth-order valence-electron chi connectivity index (χ4n) is 1.83. The lowest BCUT2D eigenvalue weighted by Gasteiger charge is -2.15. The van der Waals surface area contributed by atoms with E-state index >= 15 is 0 Å². The quantitative estimate of drug-likeness (QED) is 0.734. The summed E-state index contributed by atoms with van der Waals surface area (Å²) in [6.45, 7) is 10.1. The van der Waals surface area contributed by atoms with Crippen LogP contribution in [-0.4, -0.2) is 6.54 Å². The Hall–Kier alpha value is -0.980. The summed E-state index contributed by atoms with van der Waals surface area (Å²) >= 11 is 0. The monoisotopic (exact) mass is 219 g/mol. The molecule has 0 heterocycles. The molecule has 0 atom stereocenters. The minimum atomic E-state index is 0.619. The van der Waals surface area contributed by atoms with E-state index < -0.39 is 0 Å². The molecule has 0 saturated heterocycles. The van der Waals surface area contributed by atoms with Gasteiger partial charge in [0.05, 0.1) is 0 Å². The fourth-order valence-corrected chi connectivity index (χ4v) is 1.83. The minimum Gasteiger partial charge on any atom is -0.385 e. The fraction of sp³-hybridized carbons (Fsp3) is 0.600. The average molecular weight is 219 g/mol. The summed E-state index contributed by atoms with van der Waals surface area (Å²) in [4.78, 5) is 0. The van der Waals surface area contributed by atoms with E-state index in [4.69, 9.17) is 0 Å². The van der Waals surface area contributed by atoms with Crippen molar-refractivity contribution in [3.05, 3.63) is 29.8 Å². The summed E-state index contributed by atoms with van der Waals surface area (Å²) in [5.41, 5.74) is 2.66. The molecule has 90 valence electrons. The van der Waals surface area contributed by atoms with Gasteiger partial charge in [0.25, 0.3) is 0 Å². The molecular formula is C15H25N. The van der Waals surface area contributed by atoms with Crippen LogP contribution in [0.4, 0.5) is 5.69 Å². The third kappa shape index (κ3) is 3.88. The molecular weight excluding hydrogens is 194 g/mol. The molecule has 0 fully saturated rings. The van der Waals surface area contributed by atoms with Crippen LogP contribution in [0.25, 0.3) is 0 Å². The molecule has 1 rings (SSSR count). The zero-order valence-electron chi connectivity index (χ0n) is 11.1. The standard InChI is InChI=1S/C15H25N/c1-5-13(6-2)11-16-15-9-7-14(8-10-15)12(3)4/h7-10,12-13,16H,5-6,11H2,1-4H3. The van der Waals surface area contributed by atoms with Crippen molar-refractivity contribution in [1.82, 2.24) is 0 Å². The van der Waals surface area contributed by atoms with Crippen LogP contribution >= 0.6 is 0 Å². The van der Waals surface area contributed by atoms with Gasteiger partial charge in [-0.2, -0.15) is 0 Å². The first kappa shape index (κ1) is 13.1. The third-order valence-corrected chi connectivity index (χ3v) is 3.33. The Balaban J connectivity index is 2.49. The second-order valence-electron chi connectivity index (χ2n) is 4.84. The van der Waals surface area contributed by atoms with Crippen molar-refractivity contribution < 1.29 is 0 Å². The zero-order valence-corrected chi connectivity index (χ0v) is 11.1. The van der Waals surface area contributed by atoms with Gasteiger partial charge in [0.2, 0.25) is 0 Å². The van der Waals surface area contributed by atoms with Crippen LogP contribution in [0.1, 0.15) is 52.0 Å². The summed E-state index contributed by atoms with van der Waals surface area (Å²) in [7, 11) is 0. The molecule has 0 spiro atoms. The van der Waals surface area contributed by atoms with Crippen molar-refractivity contribution in [2.75, 3.05) is 11.9 Å². The van der Waals surface area contributed by atoms with Gasteiger partial charge in [-0.1, -0.05) is 52.7 Å². The Morgan fingerprint density at radius 3 is 2.00 bits per heavy atom. The van der Waals surface area contributed by atoms with Gasteiger partial charge in [0.1, 0.15) is 0 Å². The van der Waals surface area contributed by atoms with Gasteiger partial charge in [0, 0.05) is 12.2 Å². The molecule has 1 aromatic rings. The molecule has 0 saturated carbocycles. The van der Waals surface area contributed by atoms with Crippen LogP contribution in [-0.2, 0) is 0 Å². The zero-order chi connectivity index (χ0) is 12.0. The van der Waals surface area contributed by atoms with Gasteiger partial charge >= 0.3 is 0 Å². The molecule has 0 aromatic heterocycles. The lowest BCUT2D eigenvalue weighted by Crippen LogP contribution is -2.12. The van der Waals surface area contributed by atoms with Crippen LogP contribution in [0.15, 0.2) is 24.3 Å². The van der Waals surface area contributed by atoms with Crippen molar-refractivity contribution in [1.29, 1.82) is 0 Å². The van der Waals surface area contributed by atoms with Crippen LogP contribution in [0.5, 0.6) is 0 Å². The number of benzene rings is 1. The summed E-state index contributed by atoms with van der Waals surface area (Å²) in [6, 6.07) is 8.83. The molecule has 0 unspecified atom stereocenters. The van der Waals surface area contributed by atoms with Crippen molar-refractivity contribution in [3.8, 4) is 0 Å². The van der Waals surface area contributed by atoms with Gasteiger partial charge in [-0.15, -0.1) is 0 Å². The van der Waals surface area contributed by atoms with Crippen LogP contribution in [0, 0.1) is 5.92 Å². The molecule has 0 aliphatic rings. The highest BCUT2D eigenvalue weighted by atomic mass is 14.9. The van der Waals surface area contributed by atoms with Gasteiger partial charge in [-0.3, -0.25) is 0 Å². The maximum absolute atomic E-state index is 3.51. The molecule has 0 amide bonds. The number of hydrogen-bond donors (Lipinski definition) is 1. The van der Waals surface area contributed by atoms with Gasteiger partial charge in [0.15, 0.2) is 0 Å². The van der Waals surface area contributed by atoms with Gasteiger partial charge in [-0.05, 0) is 29.5 Å². The molecule has 16 heavy (non-hydrogen) atoms. The van der Waals surface area contributed by atoms with E-state index in [9.17, 15) is 0 Å². The van der Waals surface area contributed by atoms with Crippen LogP contribution in [0.2, 0.25) is 0 Å². The molecule has 1 aromatic carbocycles. The summed E-state index contributed by atoms with van der Waals surface area (Å²) < 4.78 is 0. The average Bonchev–Trinajstić information content (AvgIpc) is 2.31. The Labute approximate surface area is 100 Å². The maximum Gasteiger partial charge on any atom is 0.0340 e. The largest absolute Gasteiger partial charge is 0.385 e. The van der Waals surface area contributed by atoms with Crippen molar-refractivity contribution in [2.45, 2.75) is 46.5 Å². The Kier molecular flexibility index (Phi) is 5.37. The lowest BCUT2D eigenvalue weighted by molar-refractivity contribution is 0.519. The first-order chi connectivity index (χ1) is 7.67. The molecule has 1 nitrogen and oxygen atoms in total. The highest BCUT2D eigenvalue weighted by Gasteiger charge is 2.03. The molecule has 0 radical (unpaired) electrons. The molecule has 0 aliphatic carbocycles. The predicted octanol–water partition coefficient (Wildman–Crippen LogP) is 4.66. The lowest BCUT2D eigenvalue weighted by atomic mass is 10.0.